The van der Waals surface area contributed by atoms with Crippen molar-refractivity contribution < 1.29 is 0 Å². The zero-order valence-electron chi connectivity index (χ0n) is 16.4. The molecule has 140 valence electrons. The number of hydrogen-bond acceptors (Lipinski definition) is 4. The molecule has 0 aliphatic heterocycles. The van der Waals surface area contributed by atoms with Crippen LogP contribution in [0.4, 0.5) is 5.82 Å². The Kier molecular flexibility index (Phi) is 4.66. The lowest BCUT2D eigenvalue weighted by atomic mass is 10.1. The van der Waals surface area contributed by atoms with Crippen LogP contribution < -0.4 is 5.32 Å². The average Bonchev–Trinajstić information content (AvgIpc) is 3.17. The average molecular weight is 387 g/mol. The molecule has 4 nitrogen and oxygen atoms in total. The summed E-state index contributed by atoms with van der Waals surface area (Å²) in [6.07, 6.45) is 3.89. The molecule has 1 aromatic carbocycles. The van der Waals surface area contributed by atoms with Gasteiger partial charge in [-0.1, -0.05) is 24.1 Å². The first-order valence-corrected chi connectivity index (χ1v) is 10.0. The molecule has 0 aliphatic rings. The van der Waals surface area contributed by atoms with Crippen LogP contribution in [-0.2, 0) is 0 Å². The Bertz CT molecular complexity index is 1170. The fourth-order valence-electron chi connectivity index (χ4n) is 2.92. The third-order valence-corrected chi connectivity index (χ3v) is 4.99. The number of nitrogens with zero attached hydrogens (tertiary/aromatic N) is 3. The summed E-state index contributed by atoms with van der Waals surface area (Å²) in [5, 5.41) is 3.62. The zero-order chi connectivity index (χ0) is 19.7. The Labute approximate surface area is 169 Å². The Hall–Kier alpha value is -3.10. The van der Waals surface area contributed by atoms with Crippen LogP contribution in [0.25, 0.3) is 16.2 Å². The summed E-state index contributed by atoms with van der Waals surface area (Å²) >= 11 is 1.70. The molecule has 0 fully saturated rings. The predicted molar refractivity (Wildman–Crippen MR) is 117 cm³/mol. The van der Waals surface area contributed by atoms with E-state index in [1.807, 2.05) is 30.3 Å². The van der Waals surface area contributed by atoms with Crippen molar-refractivity contribution in [3.8, 4) is 23.1 Å². The number of thiazole rings is 1. The van der Waals surface area contributed by atoms with Crippen LogP contribution in [0, 0.1) is 18.8 Å². The molecule has 3 heterocycles. The standard InChI is InChI=1S/C23H22N4S/c1-16-15-27-21(26-23(2,3)4)20(25-22(27)28-16)18-11-8-17(9-12-18)10-13-19-7-5-6-14-24-19/h5-9,11-12,14-15,26H,1-4H3. The van der Waals surface area contributed by atoms with Crippen molar-refractivity contribution in [1.29, 1.82) is 0 Å². The summed E-state index contributed by atoms with van der Waals surface area (Å²) in [5.41, 5.74) is 3.70. The van der Waals surface area contributed by atoms with Gasteiger partial charge in [0.2, 0.25) is 0 Å². The maximum atomic E-state index is 4.88. The lowest BCUT2D eigenvalue weighted by Crippen LogP contribution is -2.27. The Balaban J connectivity index is 1.69. The second-order valence-corrected chi connectivity index (χ2v) is 8.93. The number of rotatable bonds is 2. The maximum absolute atomic E-state index is 4.88. The van der Waals surface area contributed by atoms with E-state index in [1.54, 1.807) is 17.5 Å². The van der Waals surface area contributed by atoms with Gasteiger partial charge in [0.05, 0.1) is 0 Å². The number of anilines is 1. The summed E-state index contributed by atoms with van der Waals surface area (Å²) in [7, 11) is 0. The second-order valence-electron chi connectivity index (χ2n) is 7.72. The SMILES string of the molecule is Cc1cn2c(NC(C)(C)C)c(-c3ccc(C#Cc4ccccn4)cc3)nc2s1. The molecule has 4 rings (SSSR count). The van der Waals surface area contributed by atoms with Gasteiger partial charge in [0, 0.05) is 33.9 Å². The molecule has 4 aromatic rings. The number of fused-ring (bicyclic) bond motifs is 1. The molecule has 0 radical (unpaired) electrons. The zero-order valence-corrected chi connectivity index (χ0v) is 17.3. The normalized spacial score (nSPS) is 11.3. The number of nitrogens with one attached hydrogen (secondary N) is 1. The van der Waals surface area contributed by atoms with Crippen molar-refractivity contribution in [3.63, 3.8) is 0 Å². The molecule has 0 unspecified atom stereocenters. The lowest BCUT2D eigenvalue weighted by molar-refractivity contribution is 0.630. The number of imidazole rings is 1. The minimum Gasteiger partial charge on any atom is -0.365 e. The fourth-order valence-corrected chi connectivity index (χ4v) is 3.74. The van der Waals surface area contributed by atoms with Gasteiger partial charge in [-0.2, -0.15) is 0 Å². The summed E-state index contributed by atoms with van der Waals surface area (Å²) in [6, 6.07) is 14.0. The third kappa shape index (κ3) is 3.92. The van der Waals surface area contributed by atoms with Crippen molar-refractivity contribution >= 4 is 22.1 Å². The Morgan fingerprint density at radius 3 is 2.50 bits per heavy atom. The van der Waals surface area contributed by atoms with Crippen LogP contribution in [0.3, 0.4) is 0 Å². The van der Waals surface area contributed by atoms with E-state index in [-0.39, 0.29) is 5.54 Å². The van der Waals surface area contributed by atoms with Gasteiger partial charge in [-0.3, -0.25) is 4.40 Å². The van der Waals surface area contributed by atoms with E-state index in [4.69, 9.17) is 4.98 Å². The molecular formula is C23H22N4S. The molecule has 5 heteroatoms. The molecule has 0 bridgehead atoms. The maximum Gasteiger partial charge on any atom is 0.196 e. The highest BCUT2D eigenvalue weighted by Gasteiger charge is 2.20. The van der Waals surface area contributed by atoms with Crippen LogP contribution >= 0.6 is 11.3 Å². The van der Waals surface area contributed by atoms with E-state index in [1.165, 1.54) is 4.88 Å². The first-order valence-electron chi connectivity index (χ1n) is 9.19. The highest BCUT2D eigenvalue weighted by molar-refractivity contribution is 7.17. The van der Waals surface area contributed by atoms with Gasteiger partial charge in [0.15, 0.2) is 4.96 Å². The summed E-state index contributed by atoms with van der Waals surface area (Å²) in [5.74, 6) is 7.29. The third-order valence-electron chi connectivity index (χ3n) is 4.09. The van der Waals surface area contributed by atoms with E-state index >= 15 is 0 Å². The van der Waals surface area contributed by atoms with Gasteiger partial charge < -0.3 is 5.32 Å². The van der Waals surface area contributed by atoms with Crippen molar-refractivity contribution in [2.24, 2.45) is 0 Å². The predicted octanol–water partition coefficient (Wildman–Crippen LogP) is 5.38. The van der Waals surface area contributed by atoms with Crippen molar-refractivity contribution in [2.45, 2.75) is 33.2 Å². The van der Waals surface area contributed by atoms with E-state index in [0.29, 0.717) is 0 Å². The first-order chi connectivity index (χ1) is 13.4. The van der Waals surface area contributed by atoms with E-state index < -0.39 is 0 Å². The van der Waals surface area contributed by atoms with E-state index in [2.05, 4.69) is 72.6 Å². The molecular weight excluding hydrogens is 364 g/mol. The topological polar surface area (TPSA) is 42.2 Å². The van der Waals surface area contributed by atoms with Crippen LogP contribution in [-0.4, -0.2) is 19.9 Å². The van der Waals surface area contributed by atoms with Gasteiger partial charge in [-0.05, 0) is 57.9 Å². The summed E-state index contributed by atoms with van der Waals surface area (Å²) < 4.78 is 2.15. The van der Waals surface area contributed by atoms with Crippen LogP contribution in [0.1, 0.15) is 36.9 Å². The lowest BCUT2D eigenvalue weighted by Gasteiger charge is -2.22. The minimum absolute atomic E-state index is 0.0609. The molecule has 0 spiro atoms. The van der Waals surface area contributed by atoms with Crippen molar-refractivity contribution in [1.82, 2.24) is 14.4 Å². The minimum atomic E-state index is -0.0609. The monoisotopic (exact) mass is 386 g/mol. The molecule has 0 amide bonds. The highest BCUT2D eigenvalue weighted by Crippen LogP contribution is 2.33. The van der Waals surface area contributed by atoms with Gasteiger partial charge in [0.1, 0.15) is 17.2 Å². The quantitative estimate of drug-likeness (QED) is 0.471. The van der Waals surface area contributed by atoms with Crippen molar-refractivity contribution in [2.75, 3.05) is 5.32 Å². The number of benzene rings is 1. The molecule has 0 saturated heterocycles. The first kappa shape index (κ1) is 18.3. The number of aromatic nitrogens is 3. The van der Waals surface area contributed by atoms with Gasteiger partial charge in [-0.25, -0.2) is 9.97 Å². The number of hydrogen-bond donors (Lipinski definition) is 1. The summed E-state index contributed by atoms with van der Waals surface area (Å²) in [4.78, 5) is 11.4. The molecule has 0 aliphatic carbocycles. The van der Waals surface area contributed by atoms with Gasteiger partial charge in [0.25, 0.3) is 0 Å². The summed E-state index contributed by atoms with van der Waals surface area (Å²) in [6.45, 7) is 8.58. The molecule has 3 aromatic heterocycles. The van der Waals surface area contributed by atoms with Gasteiger partial charge in [-0.15, -0.1) is 11.3 Å². The molecule has 0 saturated carbocycles. The van der Waals surface area contributed by atoms with Gasteiger partial charge >= 0.3 is 0 Å². The van der Waals surface area contributed by atoms with Crippen LogP contribution in [0.15, 0.2) is 54.9 Å². The van der Waals surface area contributed by atoms with Crippen LogP contribution in [0.5, 0.6) is 0 Å². The molecule has 28 heavy (non-hydrogen) atoms. The van der Waals surface area contributed by atoms with E-state index in [0.717, 1.165) is 33.3 Å². The Morgan fingerprint density at radius 1 is 1.04 bits per heavy atom. The number of aryl methyl sites for hydroxylation is 1. The smallest absolute Gasteiger partial charge is 0.196 e. The van der Waals surface area contributed by atoms with E-state index in [9.17, 15) is 0 Å². The fraction of sp³-hybridized carbons (Fsp3) is 0.217. The Morgan fingerprint density at radius 2 is 1.82 bits per heavy atom. The number of pyridine rings is 1. The largest absolute Gasteiger partial charge is 0.365 e. The second kappa shape index (κ2) is 7.14. The van der Waals surface area contributed by atoms with Crippen molar-refractivity contribution in [3.05, 3.63) is 71.0 Å². The highest BCUT2D eigenvalue weighted by atomic mass is 32.1. The molecule has 1 N–H and O–H groups in total. The molecule has 0 atom stereocenters. The van der Waals surface area contributed by atoms with Crippen LogP contribution in [0.2, 0.25) is 0 Å².